The van der Waals surface area contributed by atoms with Gasteiger partial charge in [0, 0.05) is 5.69 Å². The Balaban J connectivity index is 2.85. The van der Waals surface area contributed by atoms with Gasteiger partial charge in [-0.25, -0.2) is 0 Å². The third-order valence-corrected chi connectivity index (χ3v) is 2.28. The second-order valence-corrected chi connectivity index (χ2v) is 4.75. The van der Waals surface area contributed by atoms with Gasteiger partial charge in [0.15, 0.2) is 0 Å². The quantitative estimate of drug-likeness (QED) is 0.716. The fourth-order valence-corrected chi connectivity index (χ4v) is 1.72. The second kappa shape index (κ2) is 4.06. The van der Waals surface area contributed by atoms with Crippen LogP contribution in [0.3, 0.4) is 0 Å². The Kier molecular flexibility index (Phi) is 3.23. The molecule has 0 aliphatic heterocycles. The van der Waals surface area contributed by atoms with Crippen LogP contribution in [0.4, 0.5) is 0 Å². The van der Waals surface area contributed by atoms with E-state index in [1.165, 1.54) is 0 Å². The molecule has 0 aliphatic carbocycles. The van der Waals surface area contributed by atoms with E-state index in [0.29, 0.717) is 5.69 Å². The first kappa shape index (κ1) is 11.1. The Labute approximate surface area is 84.1 Å². The maximum absolute atomic E-state index is 10.8. The highest BCUT2D eigenvalue weighted by Crippen LogP contribution is 2.16. The maximum Gasteiger partial charge on any atom is 0.265 e. The summed E-state index contributed by atoms with van der Waals surface area (Å²) >= 11 is 0. The fraction of sp³-hybridized carbons (Fsp3) is 0.444. The van der Waals surface area contributed by atoms with E-state index in [2.05, 4.69) is 4.98 Å². The van der Waals surface area contributed by atoms with Crippen molar-refractivity contribution in [3.63, 3.8) is 0 Å². The van der Waals surface area contributed by atoms with Crippen molar-refractivity contribution in [3.05, 3.63) is 29.6 Å². The number of aromatic nitrogens is 1. The standard InChI is InChI=1S/C9H13NO3S/c1-7-5-4-6-9(10-7)8(2)13-14(3,11)12/h4-6,8H,1-3H3. The molecule has 0 saturated heterocycles. The molecule has 0 N–H and O–H groups in total. The Hall–Kier alpha value is -0.940. The highest BCUT2D eigenvalue weighted by Gasteiger charge is 2.13. The van der Waals surface area contributed by atoms with Crippen molar-refractivity contribution < 1.29 is 12.6 Å². The van der Waals surface area contributed by atoms with E-state index in [9.17, 15) is 8.42 Å². The van der Waals surface area contributed by atoms with Crippen molar-refractivity contribution in [2.75, 3.05) is 6.26 Å². The Morgan fingerprint density at radius 1 is 1.43 bits per heavy atom. The van der Waals surface area contributed by atoms with Gasteiger partial charge < -0.3 is 0 Å². The molecule has 0 amide bonds. The number of pyridine rings is 1. The van der Waals surface area contributed by atoms with Crippen LogP contribution in [0.5, 0.6) is 0 Å². The molecule has 0 spiro atoms. The minimum Gasteiger partial charge on any atom is -0.261 e. The van der Waals surface area contributed by atoms with E-state index in [1.807, 2.05) is 19.1 Å². The zero-order chi connectivity index (χ0) is 10.8. The number of hydrogen-bond acceptors (Lipinski definition) is 4. The van der Waals surface area contributed by atoms with Crippen molar-refractivity contribution in [1.82, 2.24) is 4.98 Å². The summed E-state index contributed by atoms with van der Waals surface area (Å²) in [5.74, 6) is 0. The molecule has 1 unspecified atom stereocenters. The molecule has 4 nitrogen and oxygen atoms in total. The first-order valence-electron chi connectivity index (χ1n) is 4.20. The summed E-state index contributed by atoms with van der Waals surface area (Å²) in [6.45, 7) is 3.50. The topological polar surface area (TPSA) is 56.3 Å². The van der Waals surface area contributed by atoms with Crippen LogP contribution in [0.2, 0.25) is 0 Å². The lowest BCUT2D eigenvalue weighted by Crippen LogP contribution is -2.09. The molecule has 0 fully saturated rings. The first-order chi connectivity index (χ1) is 6.38. The fourth-order valence-electron chi connectivity index (χ4n) is 1.10. The summed E-state index contributed by atoms with van der Waals surface area (Å²) in [4.78, 5) is 4.17. The van der Waals surface area contributed by atoms with Gasteiger partial charge in [-0.05, 0) is 26.0 Å². The van der Waals surface area contributed by atoms with Crippen LogP contribution in [-0.4, -0.2) is 19.7 Å². The summed E-state index contributed by atoms with van der Waals surface area (Å²) in [6, 6.07) is 5.40. The molecule has 1 atom stereocenters. The predicted octanol–water partition coefficient (Wildman–Crippen LogP) is 1.43. The molecule has 0 bridgehead atoms. The molecule has 0 radical (unpaired) electrons. The van der Waals surface area contributed by atoms with Crippen molar-refractivity contribution >= 4 is 10.1 Å². The van der Waals surface area contributed by atoms with E-state index in [1.54, 1.807) is 13.0 Å². The summed E-state index contributed by atoms with van der Waals surface area (Å²) in [5.41, 5.74) is 1.46. The normalized spacial score (nSPS) is 13.9. The van der Waals surface area contributed by atoms with E-state index < -0.39 is 16.2 Å². The monoisotopic (exact) mass is 215 g/mol. The van der Waals surface area contributed by atoms with E-state index in [0.717, 1.165) is 11.9 Å². The van der Waals surface area contributed by atoms with Crippen LogP contribution in [0.25, 0.3) is 0 Å². The number of rotatable bonds is 3. The lowest BCUT2D eigenvalue weighted by atomic mass is 10.2. The van der Waals surface area contributed by atoms with Gasteiger partial charge in [0.25, 0.3) is 10.1 Å². The minimum absolute atomic E-state index is 0.537. The maximum atomic E-state index is 10.8. The zero-order valence-corrected chi connectivity index (χ0v) is 9.21. The van der Waals surface area contributed by atoms with E-state index in [4.69, 9.17) is 4.18 Å². The summed E-state index contributed by atoms with van der Waals surface area (Å²) in [7, 11) is -3.42. The molecule has 1 heterocycles. The molecule has 14 heavy (non-hydrogen) atoms. The first-order valence-corrected chi connectivity index (χ1v) is 6.02. The van der Waals surface area contributed by atoms with Crippen LogP contribution in [0.1, 0.15) is 24.4 Å². The van der Waals surface area contributed by atoms with Gasteiger partial charge >= 0.3 is 0 Å². The third kappa shape index (κ3) is 3.43. The lowest BCUT2D eigenvalue weighted by Gasteiger charge is -2.10. The van der Waals surface area contributed by atoms with Crippen molar-refractivity contribution in [2.45, 2.75) is 20.0 Å². The second-order valence-electron chi connectivity index (χ2n) is 3.15. The summed E-state index contributed by atoms with van der Waals surface area (Å²) < 4.78 is 26.5. The van der Waals surface area contributed by atoms with Crippen molar-refractivity contribution in [2.24, 2.45) is 0 Å². The molecule has 78 valence electrons. The van der Waals surface area contributed by atoms with Crippen molar-refractivity contribution in [1.29, 1.82) is 0 Å². The highest BCUT2D eigenvalue weighted by atomic mass is 32.2. The number of aryl methyl sites for hydroxylation is 1. The van der Waals surface area contributed by atoms with Gasteiger partial charge in [-0.1, -0.05) is 6.07 Å². The summed E-state index contributed by atoms with van der Waals surface area (Å²) in [6.07, 6.45) is 0.490. The van der Waals surface area contributed by atoms with Crippen LogP contribution >= 0.6 is 0 Å². The smallest absolute Gasteiger partial charge is 0.261 e. The molecule has 1 aromatic rings. The Morgan fingerprint density at radius 3 is 2.57 bits per heavy atom. The SMILES string of the molecule is Cc1cccc(C(C)OS(C)(=O)=O)n1. The molecule has 0 aliphatic rings. The van der Waals surface area contributed by atoms with Gasteiger partial charge in [-0.2, -0.15) is 8.42 Å². The van der Waals surface area contributed by atoms with E-state index in [-0.39, 0.29) is 0 Å². The third-order valence-electron chi connectivity index (χ3n) is 1.65. The zero-order valence-electron chi connectivity index (χ0n) is 8.39. The lowest BCUT2D eigenvalue weighted by molar-refractivity contribution is 0.231. The van der Waals surface area contributed by atoms with Crippen molar-refractivity contribution in [3.8, 4) is 0 Å². The molecule has 0 aromatic carbocycles. The average Bonchev–Trinajstić information content (AvgIpc) is 2.01. The molecular formula is C9H13NO3S. The van der Waals surface area contributed by atoms with Gasteiger partial charge in [-0.3, -0.25) is 9.17 Å². The van der Waals surface area contributed by atoms with Gasteiger partial charge in [0.1, 0.15) is 6.10 Å². The molecule has 1 aromatic heterocycles. The molecular weight excluding hydrogens is 202 g/mol. The Morgan fingerprint density at radius 2 is 2.07 bits per heavy atom. The van der Waals surface area contributed by atoms with Crippen LogP contribution in [-0.2, 0) is 14.3 Å². The molecule has 5 heteroatoms. The highest BCUT2D eigenvalue weighted by molar-refractivity contribution is 7.86. The van der Waals surface area contributed by atoms with Crippen LogP contribution in [0, 0.1) is 6.92 Å². The average molecular weight is 215 g/mol. The van der Waals surface area contributed by atoms with E-state index >= 15 is 0 Å². The number of hydrogen-bond donors (Lipinski definition) is 0. The van der Waals surface area contributed by atoms with Crippen LogP contribution < -0.4 is 0 Å². The minimum atomic E-state index is -3.42. The largest absolute Gasteiger partial charge is 0.265 e. The van der Waals surface area contributed by atoms with Gasteiger partial charge in [0.2, 0.25) is 0 Å². The number of nitrogens with zero attached hydrogens (tertiary/aromatic N) is 1. The predicted molar refractivity (Wildman–Crippen MR) is 53.3 cm³/mol. The Bertz CT molecular complexity index is 414. The summed E-state index contributed by atoms with van der Waals surface area (Å²) in [5, 5.41) is 0. The van der Waals surface area contributed by atoms with Gasteiger partial charge in [-0.15, -0.1) is 0 Å². The van der Waals surface area contributed by atoms with Crippen LogP contribution in [0.15, 0.2) is 18.2 Å². The van der Waals surface area contributed by atoms with Gasteiger partial charge in [0.05, 0.1) is 11.9 Å². The molecule has 1 rings (SSSR count). The molecule has 0 saturated carbocycles.